The Kier molecular flexibility index (Phi) is 4.46. The quantitative estimate of drug-likeness (QED) is 0.929. The van der Waals surface area contributed by atoms with Crippen LogP contribution in [0.15, 0.2) is 24.3 Å². The molecule has 1 saturated carbocycles. The summed E-state index contributed by atoms with van der Waals surface area (Å²) in [6.45, 7) is 3.56. The molecule has 0 aromatic heterocycles. The smallest absolute Gasteiger partial charge is 0.227 e. The third kappa shape index (κ3) is 3.49. The number of piperidine rings is 1. The van der Waals surface area contributed by atoms with Gasteiger partial charge >= 0.3 is 0 Å². The molecular weight excluding hydrogens is 276 g/mol. The van der Waals surface area contributed by atoms with Crippen LogP contribution in [0.5, 0.6) is 0 Å². The van der Waals surface area contributed by atoms with Crippen LogP contribution in [0, 0.1) is 11.8 Å². The molecule has 2 fully saturated rings. The maximum atomic E-state index is 12.3. The first-order chi connectivity index (χ1) is 10.7. The predicted octanol–water partition coefficient (Wildman–Crippen LogP) is 2.84. The second-order valence-corrected chi connectivity index (χ2v) is 6.41. The molecule has 0 radical (unpaired) electrons. The summed E-state index contributed by atoms with van der Waals surface area (Å²) >= 11 is 0. The first-order valence-electron chi connectivity index (χ1n) is 8.36. The molecule has 2 amide bonds. The molecule has 0 bridgehead atoms. The number of nitrogens with one attached hydrogen (secondary N) is 1. The molecule has 2 aliphatic rings. The number of amides is 2. The average molecular weight is 300 g/mol. The molecule has 4 nitrogen and oxygen atoms in total. The van der Waals surface area contributed by atoms with Crippen molar-refractivity contribution in [3.8, 4) is 0 Å². The molecule has 3 rings (SSSR count). The lowest BCUT2D eigenvalue weighted by atomic mass is 9.95. The van der Waals surface area contributed by atoms with E-state index >= 15 is 0 Å². The lowest BCUT2D eigenvalue weighted by Crippen LogP contribution is -2.42. The highest BCUT2D eigenvalue weighted by Gasteiger charge is 2.35. The fourth-order valence-corrected chi connectivity index (χ4v) is 3.02. The monoisotopic (exact) mass is 300 g/mol. The van der Waals surface area contributed by atoms with E-state index in [4.69, 9.17) is 0 Å². The van der Waals surface area contributed by atoms with Crippen LogP contribution in [0.25, 0.3) is 0 Å². The normalized spacial score (nSPS) is 19.0. The zero-order chi connectivity index (χ0) is 15.5. The Bertz CT molecular complexity index is 541. The van der Waals surface area contributed by atoms with Crippen LogP contribution in [-0.4, -0.2) is 29.8 Å². The lowest BCUT2D eigenvalue weighted by molar-refractivity contribution is -0.135. The number of hydrogen-bond acceptors (Lipinski definition) is 2. The number of anilines is 1. The van der Waals surface area contributed by atoms with Crippen molar-refractivity contribution in [2.75, 3.05) is 18.4 Å². The van der Waals surface area contributed by atoms with Crippen LogP contribution in [0.2, 0.25) is 0 Å². The fourth-order valence-electron chi connectivity index (χ4n) is 3.02. The van der Waals surface area contributed by atoms with Gasteiger partial charge in [0.05, 0.1) is 0 Å². The second-order valence-electron chi connectivity index (χ2n) is 6.41. The Balaban J connectivity index is 1.49. The Hall–Kier alpha value is -1.84. The van der Waals surface area contributed by atoms with Gasteiger partial charge in [0.1, 0.15) is 0 Å². The Morgan fingerprint density at radius 2 is 1.68 bits per heavy atom. The number of benzene rings is 1. The van der Waals surface area contributed by atoms with E-state index in [1.165, 1.54) is 5.56 Å². The standard InChI is InChI=1S/C18H24N2O2/c1-2-13-3-7-16(8-4-13)19-17(21)14-9-11-20(12-10-14)18(22)15-5-6-15/h3-4,7-8,14-15H,2,5-6,9-12H2,1H3,(H,19,21). The van der Waals surface area contributed by atoms with Gasteiger partial charge in [0.15, 0.2) is 0 Å². The second kappa shape index (κ2) is 6.51. The van der Waals surface area contributed by atoms with Crippen molar-refractivity contribution >= 4 is 17.5 Å². The first-order valence-corrected chi connectivity index (χ1v) is 8.36. The number of carbonyl (C=O) groups is 2. The van der Waals surface area contributed by atoms with Gasteiger partial charge in [-0.05, 0) is 49.8 Å². The SMILES string of the molecule is CCc1ccc(NC(=O)C2CCN(C(=O)C3CC3)CC2)cc1. The molecule has 1 aromatic carbocycles. The minimum Gasteiger partial charge on any atom is -0.342 e. The third-order valence-corrected chi connectivity index (χ3v) is 4.73. The summed E-state index contributed by atoms with van der Waals surface area (Å²) in [4.78, 5) is 26.3. The van der Waals surface area contributed by atoms with Gasteiger partial charge in [-0.25, -0.2) is 0 Å². The molecule has 1 heterocycles. The highest BCUT2D eigenvalue weighted by Crippen LogP contribution is 2.32. The molecule has 4 heteroatoms. The van der Waals surface area contributed by atoms with E-state index in [9.17, 15) is 9.59 Å². The number of hydrogen-bond donors (Lipinski definition) is 1. The summed E-state index contributed by atoms with van der Waals surface area (Å²) in [7, 11) is 0. The summed E-state index contributed by atoms with van der Waals surface area (Å²) in [5.74, 6) is 0.688. The molecule has 1 aromatic rings. The molecule has 0 spiro atoms. The van der Waals surface area contributed by atoms with Gasteiger partial charge < -0.3 is 10.2 Å². The number of aryl methyl sites for hydroxylation is 1. The van der Waals surface area contributed by atoms with Crippen LogP contribution in [0.1, 0.15) is 38.2 Å². The Labute approximate surface area is 131 Å². The first kappa shape index (κ1) is 15.1. The molecular formula is C18H24N2O2. The maximum absolute atomic E-state index is 12.3. The van der Waals surface area contributed by atoms with Crippen LogP contribution in [0.4, 0.5) is 5.69 Å². The van der Waals surface area contributed by atoms with E-state index < -0.39 is 0 Å². The van der Waals surface area contributed by atoms with Crippen LogP contribution < -0.4 is 5.32 Å². The van der Waals surface area contributed by atoms with E-state index in [2.05, 4.69) is 12.2 Å². The molecule has 118 valence electrons. The van der Waals surface area contributed by atoms with Crippen molar-refractivity contribution in [1.82, 2.24) is 4.90 Å². The van der Waals surface area contributed by atoms with E-state index in [1.807, 2.05) is 29.2 Å². The molecule has 22 heavy (non-hydrogen) atoms. The molecule has 0 atom stereocenters. The van der Waals surface area contributed by atoms with Gasteiger partial charge in [-0.2, -0.15) is 0 Å². The molecule has 1 saturated heterocycles. The van der Waals surface area contributed by atoms with Crippen molar-refractivity contribution in [2.24, 2.45) is 11.8 Å². The highest BCUT2D eigenvalue weighted by molar-refractivity contribution is 5.92. The molecule has 1 aliphatic heterocycles. The molecule has 1 N–H and O–H groups in total. The summed E-state index contributed by atoms with van der Waals surface area (Å²) in [5.41, 5.74) is 2.13. The van der Waals surface area contributed by atoms with Gasteiger partial charge in [0.25, 0.3) is 0 Å². The summed E-state index contributed by atoms with van der Waals surface area (Å²) in [6, 6.07) is 8.02. The largest absolute Gasteiger partial charge is 0.342 e. The average Bonchev–Trinajstić information content (AvgIpc) is 3.40. The van der Waals surface area contributed by atoms with Crippen molar-refractivity contribution < 1.29 is 9.59 Å². The lowest BCUT2D eigenvalue weighted by Gasteiger charge is -2.31. The third-order valence-electron chi connectivity index (χ3n) is 4.73. The van der Waals surface area contributed by atoms with Crippen LogP contribution in [0.3, 0.4) is 0 Å². The van der Waals surface area contributed by atoms with E-state index in [0.29, 0.717) is 5.91 Å². The van der Waals surface area contributed by atoms with Crippen molar-refractivity contribution in [2.45, 2.75) is 39.0 Å². The zero-order valence-electron chi connectivity index (χ0n) is 13.2. The van der Waals surface area contributed by atoms with Crippen LogP contribution >= 0.6 is 0 Å². The topological polar surface area (TPSA) is 49.4 Å². The summed E-state index contributed by atoms with van der Waals surface area (Å²) < 4.78 is 0. The highest BCUT2D eigenvalue weighted by atomic mass is 16.2. The van der Waals surface area contributed by atoms with Gasteiger partial charge in [-0.15, -0.1) is 0 Å². The van der Waals surface area contributed by atoms with E-state index in [-0.39, 0.29) is 17.7 Å². The summed E-state index contributed by atoms with van der Waals surface area (Å²) in [5, 5.41) is 3.00. The number of rotatable bonds is 4. The number of likely N-dealkylation sites (tertiary alicyclic amines) is 1. The molecule has 0 unspecified atom stereocenters. The minimum atomic E-state index is 0.0223. The van der Waals surface area contributed by atoms with Crippen molar-refractivity contribution in [3.63, 3.8) is 0 Å². The van der Waals surface area contributed by atoms with E-state index in [0.717, 1.165) is 50.9 Å². The van der Waals surface area contributed by atoms with Crippen molar-refractivity contribution in [3.05, 3.63) is 29.8 Å². The Morgan fingerprint density at radius 3 is 2.23 bits per heavy atom. The predicted molar refractivity (Wildman–Crippen MR) is 86.5 cm³/mol. The van der Waals surface area contributed by atoms with Crippen LogP contribution in [-0.2, 0) is 16.0 Å². The zero-order valence-corrected chi connectivity index (χ0v) is 13.2. The minimum absolute atomic E-state index is 0.0223. The molecule has 1 aliphatic carbocycles. The summed E-state index contributed by atoms with van der Waals surface area (Å²) in [6.07, 6.45) is 4.65. The fraction of sp³-hybridized carbons (Fsp3) is 0.556. The number of carbonyl (C=O) groups excluding carboxylic acids is 2. The van der Waals surface area contributed by atoms with E-state index in [1.54, 1.807) is 0 Å². The van der Waals surface area contributed by atoms with Crippen molar-refractivity contribution in [1.29, 1.82) is 0 Å². The number of nitrogens with zero attached hydrogens (tertiary/aromatic N) is 1. The maximum Gasteiger partial charge on any atom is 0.227 e. The van der Waals surface area contributed by atoms with Gasteiger partial charge in [0.2, 0.25) is 11.8 Å². The van der Waals surface area contributed by atoms with Gasteiger partial charge in [-0.1, -0.05) is 19.1 Å². The Morgan fingerprint density at radius 1 is 1.05 bits per heavy atom. The van der Waals surface area contributed by atoms with Gasteiger partial charge in [0, 0.05) is 30.6 Å². The van der Waals surface area contributed by atoms with Gasteiger partial charge in [-0.3, -0.25) is 9.59 Å².